The summed E-state index contributed by atoms with van der Waals surface area (Å²) in [5.74, 6) is -0.243. The van der Waals surface area contributed by atoms with Gasteiger partial charge < -0.3 is 34.6 Å². The van der Waals surface area contributed by atoms with Crippen LogP contribution in [0.15, 0.2) is 24.3 Å². The normalized spacial score (nSPS) is 21.9. The van der Waals surface area contributed by atoms with Crippen LogP contribution in [0.3, 0.4) is 0 Å². The molecule has 0 amide bonds. The molecule has 262 valence electrons. The van der Waals surface area contributed by atoms with Crippen LogP contribution in [-0.4, -0.2) is 76.3 Å². The maximum Gasteiger partial charge on any atom is 0.305 e. The zero-order chi connectivity index (χ0) is 33.3. The van der Waals surface area contributed by atoms with Crippen molar-refractivity contribution in [3.05, 3.63) is 24.3 Å². The predicted octanol–water partition coefficient (Wildman–Crippen LogP) is 6.30. The number of unbranched alkanes of at least 4 members (excludes halogenated alkanes) is 9. The summed E-state index contributed by atoms with van der Waals surface area (Å²) in [6.07, 6.45) is 18.7. The zero-order valence-electron chi connectivity index (χ0n) is 28.3. The summed E-state index contributed by atoms with van der Waals surface area (Å²) in [5, 5.41) is 40.6. The average molecular weight is 641 g/mol. The van der Waals surface area contributed by atoms with Gasteiger partial charge in [0.2, 0.25) is 0 Å². The van der Waals surface area contributed by atoms with Crippen LogP contribution in [0.4, 0.5) is 0 Å². The molecule has 0 aromatic carbocycles. The van der Waals surface area contributed by atoms with Gasteiger partial charge in [-0.15, -0.1) is 0 Å². The lowest BCUT2D eigenvalue weighted by Gasteiger charge is -2.36. The van der Waals surface area contributed by atoms with Crippen LogP contribution >= 0.6 is 0 Å². The Hall–Kier alpha value is -1.78. The standard InChI is InChI=1S/C36H64O9/c1-4-5-13-19-29(37)23-24-33-31(32(39)25-36(42)45-33)20-15-11-12-17-22-35(41)44-27-30(38)26-43-34(40)21-16-10-8-6-7-9-14-18-28(2)3/h11,15,23-24,28-33,36-39,42H,4-10,12-14,16-22,25-27H2,1-3H3/b15-11-,24-23+/t29-,30-,31-,32-,33+,36?/m0/s1. The van der Waals surface area contributed by atoms with Gasteiger partial charge in [-0.3, -0.25) is 9.59 Å². The van der Waals surface area contributed by atoms with Crippen LogP contribution in [0.5, 0.6) is 0 Å². The average Bonchev–Trinajstić information content (AvgIpc) is 2.99. The number of aliphatic hydroxyl groups excluding tert-OH is 4. The molecule has 1 unspecified atom stereocenters. The Labute approximate surface area is 272 Å². The van der Waals surface area contributed by atoms with E-state index in [1.807, 2.05) is 12.2 Å². The molecule has 0 bridgehead atoms. The van der Waals surface area contributed by atoms with E-state index in [0.717, 1.165) is 44.4 Å². The van der Waals surface area contributed by atoms with Crippen LogP contribution in [0.2, 0.25) is 0 Å². The maximum atomic E-state index is 12.0. The topological polar surface area (TPSA) is 143 Å². The summed E-state index contributed by atoms with van der Waals surface area (Å²) >= 11 is 0. The summed E-state index contributed by atoms with van der Waals surface area (Å²) in [6.45, 7) is 6.21. The van der Waals surface area contributed by atoms with Crippen molar-refractivity contribution >= 4 is 11.9 Å². The van der Waals surface area contributed by atoms with Gasteiger partial charge in [-0.2, -0.15) is 0 Å². The van der Waals surface area contributed by atoms with E-state index in [1.54, 1.807) is 12.2 Å². The van der Waals surface area contributed by atoms with E-state index in [2.05, 4.69) is 20.8 Å². The van der Waals surface area contributed by atoms with Gasteiger partial charge >= 0.3 is 11.9 Å². The molecule has 1 saturated heterocycles. The third-order valence-electron chi connectivity index (χ3n) is 8.16. The summed E-state index contributed by atoms with van der Waals surface area (Å²) in [6, 6.07) is 0. The Bertz CT molecular complexity index is 812. The van der Waals surface area contributed by atoms with E-state index in [-0.39, 0.29) is 37.9 Å². The molecule has 0 saturated carbocycles. The van der Waals surface area contributed by atoms with Gasteiger partial charge in [0, 0.05) is 25.2 Å². The largest absolute Gasteiger partial charge is 0.463 e. The van der Waals surface area contributed by atoms with Gasteiger partial charge in [0.05, 0.1) is 18.3 Å². The second-order valence-electron chi connectivity index (χ2n) is 13.0. The first-order valence-corrected chi connectivity index (χ1v) is 17.6. The molecular formula is C36H64O9. The molecule has 0 aromatic heterocycles. The number of carbonyl (C=O) groups excluding carboxylic acids is 2. The van der Waals surface area contributed by atoms with Crippen molar-refractivity contribution in [3.8, 4) is 0 Å². The van der Waals surface area contributed by atoms with E-state index >= 15 is 0 Å². The Balaban J connectivity index is 2.16. The number of esters is 2. The highest BCUT2D eigenvalue weighted by Crippen LogP contribution is 2.29. The first-order valence-electron chi connectivity index (χ1n) is 17.6. The SMILES string of the molecule is CCCCC[C@H](O)/C=C/[C@H]1OC(O)C[C@H](O)[C@@H]1C/C=C\CCCC(=O)OC[C@@H](O)COC(=O)CCCCCCCCCC(C)C. The molecule has 0 radical (unpaired) electrons. The number of aliphatic hydroxyl groups is 4. The fourth-order valence-electron chi connectivity index (χ4n) is 5.37. The molecule has 9 nitrogen and oxygen atoms in total. The van der Waals surface area contributed by atoms with Gasteiger partial charge in [0.1, 0.15) is 19.3 Å². The van der Waals surface area contributed by atoms with Crippen LogP contribution in [0, 0.1) is 11.8 Å². The van der Waals surface area contributed by atoms with Crippen molar-refractivity contribution in [3.63, 3.8) is 0 Å². The molecule has 1 aliphatic heterocycles. The summed E-state index contributed by atoms with van der Waals surface area (Å²) < 4.78 is 15.9. The highest BCUT2D eigenvalue weighted by atomic mass is 16.6. The van der Waals surface area contributed by atoms with Gasteiger partial charge in [-0.05, 0) is 38.0 Å². The molecule has 1 heterocycles. The minimum absolute atomic E-state index is 0.137. The molecule has 9 heteroatoms. The lowest BCUT2D eigenvalue weighted by atomic mass is 9.87. The second kappa shape index (κ2) is 26.3. The van der Waals surface area contributed by atoms with Crippen molar-refractivity contribution < 1.29 is 44.2 Å². The Morgan fingerprint density at radius 3 is 2.07 bits per heavy atom. The molecular weight excluding hydrogens is 576 g/mol. The predicted molar refractivity (Wildman–Crippen MR) is 176 cm³/mol. The third-order valence-corrected chi connectivity index (χ3v) is 8.16. The number of hydrogen-bond acceptors (Lipinski definition) is 9. The van der Waals surface area contributed by atoms with Crippen molar-refractivity contribution in [2.45, 2.75) is 167 Å². The Kier molecular flexibility index (Phi) is 24.1. The number of rotatable bonds is 26. The molecule has 4 N–H and O–H groups in total. The van der Waals surface area contributed by atoms with Crippen LogP contribution in [0.1, 0.15) is 136 Å². The van der Waals surface area contributed by atoms with Crippen molar-refractivity contribution in [1.29, 1.82) is 0 Å². The summed E-state index contributed by atoms with van der Waals surface area (Å²) in [4.78, 5) is 24.0. The van der Waals surface area contributed by atoms with E-state index in [9.17, 15) is 30.0 Å². The Morgan fingerprint density at radius 2 is 1.42 bits per heavy atom. The van der Waals surface area contributed by atoms with Crippen molar-refractivity contribution in [2.75, 3.05) is 13.2 Å². The quantitative estimate of drug-likeness (QED) is 0.0487. The number of hydrogen-bond donors (Lipinski definition) is 4. The van der Waals surface area contributed by atoms with E-state index < -0.39 is 36.7 Å². The van der Waals surface area contributed by atoms with Gasteiger partial charge in [-0.25, -0.2) is 0 Å². The van der Waals surface area contributed by atoms with Crippen LogP contribution in [0.25, 0.3) is 0 Å². The highest BCUT2D eigenvalue weighted by Gasteiger charge is 2.35. The van der Waals surface area contributed by atoms with Gasteiger partial charge in [0.25, 0.3) is 0 Å². The van der Waals surface area contributed by atoms with E-state index in [0.29, 0.717) is 32.1 Å². The minimum Gasteiger partial charge on any atom is -0.463 e. The molecule has 6 atom stereocenters. The number of allylic oxidation sites excluding steroid dienone is 2. The third kappa shape index (κ3) is 22.4. The fraction of sp³-hybridized carbons (Fsp3) is 0.833. The molecule has 1 aliphatic rings. The maximum absolute atomic E-state index is 12.0. The second-order valence-corrected chi connectivity index (χ2v) is 13.0. The molecule has 0 spiro atoms. The van der Waals surface area contributed by atoms with Gasteiger partial charge in [-0.1, -0.05) is 109 Å². The van der Waals surface area contributed by atoms with Crippen LogP contribution < -0.4 is 0 Å². The molecule has 45 heavy (non-hydrogen) atoms. The number of ether oxygens (including phenoxy) is 3. The van der Waals surface area contributed by atoms with E-state index in [4.69, 9.17) is 14.2 Å². The van der Waals surface area contributed by atoms with Crippen LogP contribution in [-0.2, 0) is 23.8 Å². The lowest BCUT2D eigenvalue weighted by Crippen LogP contribution is -2.43. The van der Waals surface area contributed by atoms with Crippen molar-refractivity contribution in [2.24, 2.45) is 11.8 Å². The Morgan fingerprint density at radius 1 is 0.822 bits per heavy atom. The summed E-state index contributed by atoms with van der Waals surface area (Å²) in [7, 11) is 0. The summed E-state index contributed by atoms with van der Waals surface area (Å²) in [5.41, 5.74) is 0. The van der Waals surface area contributed by atoms with Crippen molar-refractivity contribution in [1.82, 2.24) is 0 Å². The number of carbonyl (C=O) groups is 2. The zero-order valence-corrected chi connectivity index (χ0v) is 28.3. The lowest BCUT2D eigenvalue weighted by molar-refractivity contribution is -0.199. The van der Waals surface area contributed by atoms with Gasteiger partial charge in [0.15, 0.2) is 6.29 Å². The molecule has 0 aromatic rings. The highest BCUT2D eigenvalue weighted by molar-refractivity contribution is 5.69. The minimum atomic E-state index is -1.05. The first kappa shape index (κ1) is 41.2. The monoisotopic (exact) mass is 640 g/mol. The smallest absolute Gasteiger partial charge is 0.305 e. The molecule has 1 rings (SSSR count). The first-order chi connectivity index (χ1) is 21.6. The molecule has 0 aliphatic carbocycles. The molecule has 1 fully saturated rings. The van der Waals surface area contributed by atoms with E-state index in [1.165, 1.54) is 32.1 Å². The fourth-order valence-corrected chi connectivity index (χ4v) is 5.37.